The molecular formula is C13H14N4. The minimum absolute atomic E-state index is 0.0323. The van der Waals surface area contributed by atoms with E-state index in [1.165, 1.54) is 0 Å². The first-order valence-electron chi connectivity index (χ1n) is 5.53. The van der Waals surface area contributed by atoms with E-state index in [4.69, 9.17) is 5.26 Å². The highest BCUT2D eigenvalue weighted by molar-refractivity contribution is 5.78. The SMILES string of the molecule is CC(C#N)CN(C)c1ncc2ccccc2n1. The molecule has 0 saturated heterocycles. The van der Waals surface area contributed by atoms with Crippen LogP contribution in [-0.2, 0) is 0 Å². The van der Waals surface area contributed by atoms with Crippen LogP contribution < -0.4 is 4.90 Å². The summed E-state index contributed by atoms with van der Waals surface area (Å²) in [5, 5.41) is 9.81. The normalized spacial score (nSPS) is 12.1. The van der Waals surface area contributed by atoms with Crippen molar-refractivity contribution in [2.45, 2.75) is 6.92 Å². The monoisotopic (exact) mass is 226 g/mol. The third-order valence-electron chi connectivity index (χ3n) is 2.59. The standard InChI is InChI=1S/C13H14N4/c1-10(7-14)9-17(2)13-15-8-11-5-3-4-6-12(11)16-13/h3-6,8,10H,9H2,1-2H3. The summed E-state index contributed by atoms with van der Waals surface area (Å²) in [6.07, 6.45) is 1.81. The third kappa shape index (κ3) is 2.51. The maximum atomic E-state index is 8.78. The molecule has 2 rings (SSSR count). The molecule has 1 aromatic heterocycles. The van der Waals surface area contributed by atoms with Gasteiger partial charge in [0.25, 0.3) is 0 Å². The lowest BCUT2D eigenvalue weighted by Crippen LogP contribution is -2.25. The minimum atomic E-state index is -0.0323. The molecule has 0 amide bonds. The maximum absolute atomic E-state index is 8.78. The second kappa shape index (κ2) is 4.79. The van der Waals surface area contributed by atoms with Crippen LogP contribution in [0.3, 0.4) is 0 Å². The van der Waals surface area contributed by atoms with Gasteiger partial charge in [-0.1, -0.05) is 18.2 Å². The van der Waals surface area contributed by atoms with Gasteiger partial charge in [-0.15, -0.1) is 0 Å². The Kier molecular flexibility index (Phi) is 3.20. The van der Waals surface area contributed by atoms with E-state index in [0.717, 1.165) is 10.9 Å². The van der Waals surface area contributed by atoms with Gasteiger partial charge in [-0.25, -0.2) is 9.97 Å². The Hall–Kier alpha value is -2.15. The Labute approximate surface area is 101 Å². The van der Waals surface area contributed by atoms with E-state index in [2.05, 4.69) is 16.0 Å². The molecule has 2 aromatic rings. The van der Waals surface area contributed by atoms with Gasteiger partial charge in [0, 0.05) is 25.2 Å². The number of rotatable bonds is 3. The van der Waals surface area contributed by atoms with Crippen molar-refractivity contribution in [1.82, 2.24) is 9.97 Å². The molecule has 0 saturated carbocycles. The zero-order valence-electron chi connectivity index (χ0n) is 9.96. The summed E-state index contributed by atoms with van der Waals surface area (Å²) in [7, 11) is 1.90. The average molecular weight is 226 g/mol. The molecule has 1 unspecified atom stereocenters. The first-order chi connectivity index (χ1) is 8.20. The van der Waals surface area contributed by atoms with Crippen LogP contribution in [-0.4, -0.2) is 23.6 Å². The summed E-state index contributed by atoms with van der Waals surface area (Å²) in [6.45, 7) is 2.52. The van der Waals surface area contributed by atoms with E-state index >= 15 is 0 Å². The van der Waals surface area contributed by atoms with E-state index in [9.17, 15) is 0 Å². The lowest BCUT2D eigenvalue weighted by molar-refractivity contribution is 0.703. The van der Waals surface area contributed by atoms with Gasteiger partial charge in [0.2, 0.25) is 5.95 Å². The molecule has 0 fully saturated rings. The first kappa shape index (κ1) is 11.3. The van der Waals surface area contributed by atoms with Crippen molar-refractivity contribution in [2.75, 3.05) is 18.5 Å². The molecule has 0 radical (unpaired) electrons. The smallest absolute Gasteiger partial charge is 0.225 e. The predicted molar refractivity (Wildman–Crippen MR) is 67.6 cm³/mol. The highest BCUT2D eigenvalue weighted by Gasteiger charge is 2.09. The molecule has 86 valence electrons. The number of nitrogens with zero attached hydrogens (tertiary/aromatic N) is 4. The largest absolute Gasteiger partial charge is 0.343 e. The third-order valence-corrected chi connectivity index (χ3v) is 2.59. The van der Waals surface area contributed by atoms with Gasteiger partial charge in [0.05, 0.1) is 17.5 Å². The van der Waals surface area contributed by atoms with Gasteiger partial charge >= 0.3 is 0 Å². The summed E-state index contributed by atoms with van der Waals surface area (Å²) >= 11 is 0. The predicted octanol–water partition coefficient (Wildman–Crippen LogP) is 2.23. The molecule has 0 spiro atoms. The van der Waals surface area contributed by atoms with Crippen LogP contribution in [0.1, 0.15) is 6.92 Å². The second-order valence-electron chi connectivity index (χ2n) is 4.14. The average Bonchev–Trinajstić information content (AvgIpc) is 2.38. The van der Waals surface area contributed by atoms with Crippen LogP contribution in [0.4, 0.5) is 5.95 Å². The van der Waals surface area contributed by atoms with E-state index in [1.807, 2.05) is 49.3 Å². The lowest BCUT2D eigenvalue weighted by atomic mass is 10.2. The number of hydrogen-bond donors (Lipinski definition) is 0. The van der Waals surface area contributed by atoms with E-state index < -0.39 is 0 Å². The summed E-state index contributed by atoms with van der Waals surface area (Å²) in [6, 6.07) is 10.1. The zero-order valence-corrected chi connectivity index (χ0v) is 9.96. The molecule has 1 atom stereocenters. The van der Waals surface area contributed by atoms with Crippen molar-refractivity contribution in [1.29, 1.82) is 5.26 Å². The van der Waals surface area contributed by atoms with Gasteiger partial charge in [-0.2, -0.15) is 5.26 Å². The second-order valence-corrected chi connectivity index (χ2v) is 4.14. The van der Waals surface area contributed by atoms with Crippen LogP contribution in [0.2, 0.25) is 0 Å². The lowest BCUT2D eigenvalue weighted by Gasteiger charge is -2.18. The summed E-state index contributed by atoms with van der Waals surface area (Å²) < 4.78 is 0. The highest BCUT2D eigenvalue weighted by Crippen LogP contribution is 2.14. The quantitative estimate of drug-likeness (QED) is 0.805. The fraction of sp³-hybridized carbons (Fsp3) is 0.308. The van der Waals surface area contributed by atoms with Gasteiger partial charge in [0.15, 0.2) is 0 Å². The van der Waals surface area contributed by atoms with Crippen molar-refractivity contribution in [3.05, 3.63) is 30.5 Å². The molecule has 0 aliphatic heterocycles. The van der Waals surface area contributed by atoms with Crippen LogP contribution in [0.5, 0.6) is 0 Å². The van der Waals surface area contributed by atoms with E-state index in [1.54, 1.807) is 0 Å². The molecule has 1 heterocycles. The Balaban J connectivity index is 2.27. The fourth-order valence-electron chi connectivity index (χ4n) is 1.68. The summed E-state index contributed by atoms with van der Waals surface area (Å²) in [4.78, 5) is 10.7. The van der Waals surface area contributed by atoms with Crippen molar-refractivity contribution in [3.63, 3.8) is 0 Å². The minimum Gasteiger partial charge on any atom is -0.343 e. The number of nitriles is 1. The Morgan fingerprint density at radius 3 is 2.94 bits per heavy atom. The first-order valence-corrected chi connectivity index (χ1v) is 5.53. The van der Waals surface area contributed by atoms with Crippen molar-refractivity contribution in [2.24, 2.45) is 5.92 Å². The van der Waals surface area contributed by atoms with Crippen LogP contribution >= 0.6 is 0 Å². The van der Waals surface area contributed by atoms with Crippen LogP contribution in [0.15, 0.2) is 30.5 Å². The zero-order chi connectivity index (χ0) is 12.3. The van der Waals surface area contributed by atoms with Crippen molar-refractivity contribution < 1.29 is 0 Å². The van der Waals surface area contributed by atoms with E-state index in [-0.39, 0.29) is 5.92 Å². The molecule has 4 heteroatoms. The summed E-state index contributed by atoms with van der Waals surface area (Å²) in [5.74, 6) is 0.626. The van der Waals surface area contributed by atoms with Crippen LogP contribution in [0, 0.1) is 17.2 Å². The number of anilines is 1. The molecule has 0 aliphatic carbocycles. The van der Waals surface area contributed by atoms with Gasteiger partial charge in [-0.3, -0.25) is 0 Å². The Morgan fingerprint density at radius 1 is 1.41 bits per heavy atom. The molecule has 0 bridgehead atoms. The molecule has 17 heavy (non-hydrogen) atoms. The highest BCUT2D eigenvalue weighted by atomic mass is 15.2. The number of aromatic nitrogens is 2. The topological polar surface area (TPSA) is 52.8 Å². The van der Waals surface area contributed by atoms with Crippen molar-refractivity contribution >= 4 is 16.9 Å². The fourth-order valence-corrected chi connectivity index (χ4v) is 1.68. The van der Waals surface area contributed by atoms with Gasteiger partial charge in [-0.05, 0) is 13.0 Å². The number of fused-ring (bicyclic) bond motifs is 1. The van der Waals surface area contributed by atoms with E-state index in [0.29, 0.717) is 12.5 Å². The Morgan fingerprint density at radius 2 is 2.18 bits per heavy atom. The molecule has 4 nitrogen and oxygen atoms in total. The number of benzene rings is 1. The van der Waals surface area contributed by atoms with Gasteiger partial charge in [0.1, 0.15) is 0 Å². The van der Waals surface area contributed by atoms with Crippen LogP contribution in [0.25, 0.3) is 10.9 Å². The maximum Gasteiger partial charge on any atom is 0.225 e. The number of hydrogen-bond acceptors (Lipinski definition) is 4. The number of para-hydroxylation sites is 1. The molecule has 0 aliphatic rings. The summed E-state index contributed by atoms with van der Waals surface area (Å²) in [5.41, 5.74) is 0.925. The molecule has 1 aromatic carbocycles. The molecule has 0 N–H and O–H groups in total. The Bertz CT molecular complexity index is 559. The van der Waals surface area contributed by atoms with Crippen molar-refractivity contribution in [3.8, 4) is 6.07 Å². The van der Waals surface area contributed by atoms with Gasteiger partial charge < -0.3 is 4.90 Å². The molecular weight excluding hydrogens is 212 g/mol.